The Morgan fingerprint density at radius 2 is 1.61 bits per heavy atom. The lowest BCUT2D eigenvalue weighted by Gasteiger charge is -2.10. The van der Waals surface area contributed by atoms with Crippen molar-refractivity contribution in [3.8, 4) is 17.1 Å². The number of amides is 1. The zero-order valence-corrected chi connectivity index (χ0v) is 19.8. The molecule has 4 aromatic rings. The summed E-state index contributed by atoms with van der Waals surface area (Å²) in [6, 6.07) is 18.3. The number of hydrazone groups is 1. The zero-order valence-electron chi connectivity index (χ0n) is 17.4. The van der Waals surface area contributed by atoms with Gasteiger partial charge in [-0.25, -0.2) is 5.43 Å². The summed E-state index contributed by atoms with van der Waals surface area (Å²) in [5, 5.41) is 14.7. The van der Waals surface area contributed by atoms with Gasteiger partial charge in [0, 0.05) is 33.7 Å². The number of hydrogen-bond donors (Lipinski definition) is 1. The fraction of sp³-hybridized carbons (Fsp3) is 0.0870. The van der Waals surface area contributed by atoms with Crippen molar-refractivity contribution >= 4 is 46.6 Å². The number of carbonyl (C=O) groups is 1. The van der Waals surface area contributed by atoms with E-state index >= 15 is 0 Å². The second kappa shape index (κ2) is 10.6. The van der Waals surface area contributed by atoms with Gasteiger partial charge in [0.15, 0.2) is 11.0 Å². The van der Waals surface area contributed by atoms with E-state index in [9.17, 15) is 4.79 Å². The van der Waals surface area contributed by atoms with Crippen LogP contribution in [0.1, 0.15) is 12.5 Å². The molecule has 0 spiro atoms. The van der Waals surface area contributed by atoms with Gasteiger partial charge in [-0.1, -0.05) is 47.1 Å². The van der Waals surface area contributed by atoms with Crippen LogP contribution in [-0.4, -0.2) is 37.1 Å². The highest BCUT2D eigenvalue weighted by Crippen LogP contribution is 2.28. The van der Waals surface area contributed by atoms with Gasteiger partial charge in [0.25, 0.3) is 5.91 Å². The number of halogens is 2. The van der Waals surface area contributed by atoms with Gasteiger partial charge < -0.3 is 0 Å². The molecular weight excluding hydrogens is 479 g/mol. The average Bonchev–Trinajstić information content (AvgIpc) is 3.26. The fourth-order valence-electron chi connectivity index (χ4n) is 2.94. The largest absolute Gasteiger partial charge is 0.272 e. The van der Waals surface area contributed by atoms with Crippen LogP contribution in [0.4, 0.5) is 0 Å². The van der Waals surface area contributed by atoms with Crippen LogP contribution in [0.5, 0.6) is 0 Å². The monoisotopic (exact) mass is 496 g/mol. The van der Waals surface area contributed by atoms with E-state index in [1.165, 1.54) is 11.8 Å². The van der Waals surface area contributed by atoms with Crippen molar-refractivity contribution < 1.29 is 4.79 Å². The van der Waals surface area contributed by atoms with Crippen LogP contribution in [0, 0.1) is 0 Å². The summed E-state index contributed by atoms with van der Waals surface area (Å²) >= 11 is 13.2. The van der Waals surface area contributed by atoms with Crippen molar-refractivity contribution in [2.75, 3.05) is 5.75 Å². The highest BCUT2D eigenvalue weighted by atomic mass is 35.5. The third-order valence-electron chi connectivity index (χ3n) is 4.60. The Kier molecular flexibility index (Phi) is 7.39. The molecule has 0 saturated heterocycles. The van der Waals surface area contributed by atoms with Crippen LogP contribution >= 0.6 is 35.0 Å². The molecule has 2 aromatic carbocycles. The topological polar surface area (TPSA) is 85.1 Å². The van der Waals surface area contributed by atoms with E-state index in [1.54, 1.807) is 36.7 Å². The van der Waals surface area contributed by atoms with Crippen molar-refractivity contribution in [3.63, 3.8) is 0 Å². The van der Waals surface area contributed by atoms with E-state index in [0.29, 0.717) is 26.7 Å². The highest BCUT2D eigenvalue weighted by Gasteiger charge is 2.17. The summed E-state index contributed by atoms with van der Waals surface area (Å²) in [6.07, 6.45) is 3.38. The average molecular weight is 497 g/mol. The van der Waals surface area contributed by atoms with Crippen LogP contribution in [0.15, 0.2) is 83.3 Å². The molecule has 0 aliphatic heterocycles. The normalized spacial score (nSPS) is 11.4. The molecule has 7 nitrogen and oxygen atoms in total. The number of rotatable bonds is 7. The predicted molar refractivity (Wildman–Crippen MR) is 132 cm³/mol. The van der Waals surface area contributed by atoms with Crippen molar-refractivity contribution in [2.45, 2.75) is 12.1 Å². The van der Waals surface area contributed by atoms with Crippen molar-refractivity contribution in [1.29, 1.82) is 0 Å². The number of hydrogen-bond acceptors (Lipinski definition) is 6. The predicted octanol–water partition coefficient (Wildman–Crippen LogP) is 5.27. The molecule has 0 bridgehead atoms. The summed E-state index contributed by atoms with van der Waals surface area (Å²) in [5.74, 6) is 0.489. The van der Waals surface area contributed by atoms with E-state index in [2.05, 4.69) is 25.7 Å². The summed E-state index contributed by atoms with van der Waals surface area (Å²) in [4.78, 5) is 16.5. The molecule has 0 radical (unpaired) electrons. The number of benzene rings is 2. The smallest absolute Gasteiger partial charge is 0.250 e. The van der Waals surface area contributed by atoms with Gasteiger partial charge in [-0.15, -0.1) is 10.2 Å². The minimum Gasteiger partial charge on any atom is -0.272 e. The lowest BCUT2D eigenvalue weighted by molar-refractivity contribution is -0.118. The first-order valence-electron chi connectivity index (χ1n) is 9.85. The number of nitrogens with zero attached hydrogens (tertiary/aromatic N) is 5. The Morgan fingerprint density at radius 3 is 2.27 bits per heavy atom. The standard InChI is InChI=1S/C23H18Cl2N6OS/c1-15(16-2-4-18(24)5-3-16)27-28-21(32)14-33-23-30-29-22(17-10-12-26-13-11-17)31(23)20-8-6-19(25)7-9-20/h2-13H,14H2,1H3,(H,28,32)/b27-15-. The number of pyridine rings is 1. The molecule has 0 unspecified atom stereocenters. The molecule has 0 aliphatic rings. The van der Waals surface area contributed by atoms with Gasteiger partial charge in [-0.2, -0.15) is 5.10 Å². The summed E-state index contributed by atoms with van der Waals surface area (Å²) < 4.78 is 1.88. The molecule has 0 fully saturated rings. The minimum atomic E-state index is -0.260. The Labute approximate surface area is 204 Å². The molecule has 0 aliphatic carbocycles. The van der Waals surface area contributed by atoms with Gasteiger partial charge in [0.05, 0.1) is 11.5 Å². The van der Waals surface area contributed by atoms with Crippen LogP contribution in [-0.2, 0) is 4.79 Å². The van der Waals surface area contributed by atoms with Crippen molar-refractivity contribution in [3.05, 3.63) is 88.7 Å². The third-order valence-corrected chi connectivity index (χ3v) is 6.03. The second-order valence-electron chi connectivity index (χ2n) is 6.88. The van der Waals surface area contributed by atoms with Gasteiger partial charge in [0.2, 0.25) is 0 Å². The molecular formula is C23H18Cl2N6OS. The Hall–Kier alpha value is -3.20. The van der Waals surface area contributed by atoms with Crippen LogP contribution in [0.25, 0.3) is 17.1 Å². The van der Waals surface area contributed by atoms with Gasteiger partial charge in [-0.05, 0) is 61.0 Å². The van der Waals surface area contributed by atoms with E-state index in [0.717, 1.165) is 16.8 Å². The first-order chi connectivity index (χ1) is 16.0. The van der Waals surface area contributed by atoms with Crippen LogP contribution in [0.2, 0.25) is 10.0 Å². The Morgan fingerprint density at radius 1 is 0.970 bits per heavy atom. The van der Waals surface area contributed by atoms with Crippen molar-refractivity contribution in [2.24, 2.45) is 5.10 Å². The molecule has 10 heteroatoms. The quantitative estimate of drug-likeness (QED) is 0.214. The lowest BCUT2D eigenvalue weighted by atomic mass is 10.1. The molecule has 4 rings (SSSR count). The molecule has 0 saturated carbocycles. The minimum absolute atomic E-state index is 0.111. The van der Waals surface area contributed by atoms with E-state index < -0.39 is 0 Å². The number of carbonyl (C=O) groups excluding carboxylic acids is 1. The number of nitrogens with one attached hydrogen (secondary N) is 1. The molecule has 33 heavy (non-hydrogen) atoms. The van der Waals surface area contributed by atoms with Gasteiger partial charge >= 0.3 is 0 Å². The number of thioether (sulfide) groups is 1. The zero-order chi connectivity index (χ0) is 23.2. The van der Waals surface area contributed by atoms with Gasteiger partial charge in [0.1, 0.15) is 0 Å². The molecule has 1 N–H and O–H groups in total. The maximum atomic E-state index is 12.4. The third kappa shape index (κ3) is 5.78. The Bertz CT molecular complexity index is 1270. The molecule has 2 aromatic heterocycles. The SMILES string of the molecule is C/C(=N/NC(=O)CSc1nnc(-c2ccncc2)n1-c1ccc(Cl)cc1)c1ccc(Cl)cc1. The first-order valence-corrected chi connectivity index (χ1v) is 11.6. The molecule has 0 atom stereocenters. The van der Waals surface area contributed by atoms with Crippen LogP contribution in [0.3, 0.4) is 0 Å². The first kappa shape index (κ1) is 23.0. The van der Waals surface area contributed by atoms with E-state index in [4.69, 9.17) is 23.2 Å². The molecule has 1 amide bonds. The molecule has 166 valence electrons. The maximum Gasteiger partial charge on any atom is 0.250 e. The second-order valence-corrected chi connectivity index (χ2v) is 8.70. The van der Waals surface area contributed by atoms with E-state index in [1.807, 2.05) is 47.9 Å². The lowest BCUT2D eigenvalue weighted by Crippen LogP contribution is -2.21. The summed E-state index contributed by atoms with van der Waals surface area (Å²) in [7, 11) is 0. The Balaban J connectivity index is 1.51. The highest BCUT2D eigenvalue weighted by molar-refractivity contribution is 7.99. The maximum absolute atomic E-state index is 12.4. The number of aromatic nitrogens is 4. The molecule has 2 heterocycles. The van der Waals surface area contributed by atoms with Crippen molar-refractivity contribution in [1.82, 2.24) is 25.2 Å². The van der Waals surface area contributed by atoms with E-state index in [-0.39, 0.29) is 11.7 Å². The summed E-state index contributed by atoms with van der Waals surface area (Å²) in [5.41, 5.74) is 5.81. The summed E-state index contributed by atoms with van der Waals surface area (Å²) in [6.45, 7) is 1.81. The fourth-order valence-corrected chi connectivity index (χ4v) is 3.93. The van der Waals surface area contributed by atoms with Gasteiger partial charge in [-0.3, -0.25) is 14.3 Å². The van der Waals surface area contributed by atoms with Crippen LogP contribution < -0.4 is 5.43 Å².